The highest BCUT2D eigenvalue weighted by Crippen LogP contribution is 2.42. The van der Waals surface area contributed by atoms with E-state index in [9.17, 15) is 0 Å². The number of hydrogen-bond acceptors (Lipinski definition) is 2. The van der Waals surface area contributed by atoms with Crippen LogP contribution >= 0.6 is 0 Å². The summed E-state index contributed by atoms with van der Waals surface area (Å²) in [5.41, 5.74) is 3.16. The van der Waals surface area contributed by atoms with Crippen molar-refractivity contribution >= 4 is 5.96 Å². The van der Waals surface area contributed by atoms with Gasteiger partial charge >= 0.3 is 0 Å². The van der Waals surface area contributed by atoms with Gasteiger partial charge in [0, 0.05) is 26.7 Å². The van der Waals surface area contributed by atoms with Crippen LogP contribution in [0, 0.1) is 5.41 Å². The van der Waals surface area contributed by atoms with E-state index in [1.54, 1.807) is 0 Å². The Morgan fingerprint density at radius 1 is 1.21 bits per heavy atom. The Labute approximate surface area is 147 Å². The Bertz CT molecular complexity index is 529. The molecule has 4 nitrogen and oxygen atoms in total. The fourth-order valence-corrected chi connectivity index (χ4v) is 3.27. The van der Waals surface area contributed by atoms with Gasteiger partial charge in [-0.25, -0.2) is 0 Å². The Morgan fingerprint density at radius 3 is 2.54 bits per heavy atom. The molecule has 0 aromatic heterocycles. The van der Waals surface area contributed by atoms with Crippen LogP contribution in [0.5, 0.6) is 0 Å². The first kappa shape index (κ1) is 18.8. The van der Waals surface area contributed by atoms with Gasteiger partial charge in [0.15, 0.2) is 5.96 Å². The third-order valence-electron chi connectivity index (χ3n) is 5.46. The van der Waals surface area contributed by atoms with E-state index in [2.05, 4.69) is 65.7 Å². The van der Waals surface area contributed by atoms with Gasteiger partial charge in [-0.3, -0.25) is 4.99 Å². The minimum absolute atomic E-state index is 0.502. The van der Waals surface area contributed by atoms with Gasteiger partial charge in [-0.2, -0.15) is 0 Å². The Kier molecular flexibility index (Phi) is 7.10. The van der Waals surface area contributed by atoms with Crippen molar-refractivity contribution < 1.29 is 0 Å². The van der Waals surface area contributed by atoms with Crippen LogP contribution in [0.15, 0.2) is 29.3 Å². The van der Waals surface area contributed by atoms with Crippen molar-refractivity contribution in [3.05, 3.63) is 35.4 Å². The monoisotopic (exact) mass is 330 g/mol. The molecule has 1 aromatic rings. The van der Waals surface area contributed by atoms with Gasteiger partial charge in [0.05, 0.1) is 0 Å². The molecule has 0 radical (unpaired) electrons. The van der Waals surface area contributed by atoms with Crippen molar-refractivity contribution in [2.45, 2.75) is 52.6 Å². The molecule has 0 aliphatic heterocycles. The van der Waals surface area contributed by atoms with E-state index in [4.69, 9.17) is 0 Å². The van der Waals surface area contributed by atoms with Crippen molar-refractivity contribution in [3.8, 4) is 0 Å². The quantitative estimate of drug-likeness (QED) is 0.567. The van der Waals surface area contributed by atoms with Crippen molar-refractivity contribution in [3.63, 3.8) is 0 Å². The summed E-state index contributed by atoms with van der Waals surface area (Å²) in [6, 6.07) is 8.80. The van der Waals surface area contributed by atoms with Crippen LogP contribution in [0.3, 0.4) is 0 Å². The molecular formula is C20H34N4. The molecule has 1 aliphatic carbocycles. The van der Waals surface area contributed by atoms with E-state index < -0.39 is 0 Å². The highest BCUT2D eigenvalue weighted by molar-refractivity contribution is 5.79. The molecule has 1 aromatic carbocycles. The van der Waals surface area contributed by atoms with E-state index in [1.165, 1.54) is 36.8 Å². The maximum atomic E-state index is 4.37. The maximum absolute atomic E-state index is 4.37. The summed E-state index contributed by atoms with van der Waals surface area (Å²) in [6.45, 7) is 8.39. The molecule has 1 aliphatic rings. The van der Waals surface area contributed by atoms with Crippen LogP contribution in [0.1, 0.15) is 50.7 Å². The predicted octanol–water partition coefficient (Wildman–Crippen LogP) is 3.38. The predicted molar refractivity (Wildman–Crippen MR) is 103 cm³/mol. The first-order valence-corrected chi connectivity index (χ1v) is 9.31. The second kappa shape index (κ2) is 9.07. The lowest BCUT2D eigenvalue weighted by Crippen LogP contribution is -2.46. The zero-order valence-electron chi connectivity index (χ0n) is 15.9. The minimum atomic E-state index is 0.502. The summed E-state index contributed by atoms with van der Waals surface area (Å²) in [5.74, 6) is 0.908. The molecule has 24 heavy (non-hydrogen) atoms. The molecule has 0 amide bonds. The third-order valence-corrected chi connectivity index (χ3v) is 5.46. The fourth-order valence-electron chi connectivity index (χ4n) is 3.27. The van der Waals surface area contributed by atoms with Gasteiger partial charge in [-0.05, 0) is 49.4 Å². The van der Waals surface area contributed by atoms with E-state index in [1.807, 2.05) is 7.05 Å². The standard InChI is InChI=1S/C20H34N4/c1-5-20(11-8-12-20)16-23-19(21-3)22-14-17-9-7-10-18(13-17)15-24(4)6-2/h7,9-10,13H,5-6,8,11-12,14-16H2,1-4H3,(H2,21,22,23). The lowest BCUT2D eigenvalue weighted by atomic mass is 9.67. The molecule has 2 rings (SSSR count). The summed E-state index contributed by atoms with van der Waals surface area (Å²) in [6.07, 6.45) is 5.32. The Balaban J connectivity index is 1.83. The zero-order valence-corrected chi connectivity index (χ0v) is 15.9. The summed E-state index contributed by atoms with van der Waals surface area (Å²) >= 11 is 0. The van der Waals surface area contributed by atoms with Crippen molar-refractivity contribution in [1.82, 2.24) is 15.5 Å². The molecule has 0 atom stereocenters. The van der Waals surface area contributed by atoms with E-state index in [0.29, 0.717) is 5.41 Å². The zero-order chi connectivity index (χ0) is 17.4. The number of guanidine groups is 1. The first-order chi connectivity index (χ1) is 11.6. The van der Waals surface area contributed by atoms with Gasteiger partial charge in [-0.1, -0.05) is 44.5 Å². The summed E-state index contributed by atoms with van der Waals surface area (Å²) in [5, 5.41) is 6.97. The molecule has 0 bridgehead atoms. The molecule has 0 unspecified atom stereocenters. The van der Waals surface area contributed by atoms with Crippen LogP contribution < -0.4 is 10.6 Å². The highest BCUT2D eigenvalue weighted by Gasteiger charge is 2.34. The summed E-state index contributed by atoms with van der Waals surface area (Å²) in [7, 11) is 4.00. The second-order valence-electron chi connectivity index (χ2n) is 7.14. The minimum Gasteiger partial charge on any atom is -0.356 e. The van der Waals surface area contributed by atoms with Crippen molar-refractivity contribution in [2.75, 3.05) is 27.2 Å². The van der Waals surface area contributed by atoms with Crippen LogP contribution in [0.2, 0.25) is 0 Å². The largest absolute Gasteiger partial charge is 0.356 e. The van der Waals surface area contributed by atoms with Crippen LogP contribution in [-0.4, -0.2) is 38.0 Å². The normalized spacial score (nSPS) is 16.8. The van der Waals surface area contributed by atoms with E-state index in [0.717, 1.165) is 32.1 Å². The fraction of sp³-hybridized carbons (Fsp3) is 0.650. The topological polar surface area (TPSA) is 39.7 Å². The lowest BCUT2D eigenvalue weighted by molar-refractivity contribution is 0.131. The average Bonchev–Trinajstić information content (AvgIpc) is 2.57. The van der Waals surface area contributed by atoms with Gasteiger partial charge in [0.25, 0.3) is 0 Å². The molecule has 1 saturated carbocycles. The van der Waals surface area contributed by atoms with Gasteiger partial charge < -0.3 is 15.5 Å². The molecule has 134 valence electrons. The molecule has 2 N–H and O–H groups in total. The van der Waals surface area contributed by atoms with Gasteiger partial charge in [0.1, 0.15) is 0 Å². The second-order valence-corrected chi connectivity index (χ2v) is 7.14. The molecule has 0 saturated heterocycles. The molecular weight excluding hydrogens is 296 g/mol. The van der Waals surface area contributed by atoms with Crippen LogP contribution in [0.25, 0.3) is 0 Å². The maximum Gasteiger partial charge on any atom is 0.191 e. The molecule has 4 heteroatoms. The Morgan fingerprint density at radius 2 is 1.96 bits per heavy atom. The van der Waals surface area contributed by atoms with Gasteiger partial charge in [0.2, 0.25) is 0 Å². The SMILES string of the molecule is CCN(C)Cc1cccc(CNC(=NC)NCC2(CC)CCC2)c1. The number of hydrogen-bond donors (Lipinski definition) is 2. The van der Waals surface area contributed by atoms with Crippen LogP contribution in [0.4, 0.5) is 0 Å². The first-order valence-electron chi connectivity index (χ1n) is 9.31. The summed E-state index contributed by atoms with van der Waals surface area (Å²) < 4.78 is 0. The number of nitrogens with one attached hydrogen (secondary N) is 2. The highest BCUT2D eigenvalue weighted by atomic mass is 15.2. The average molecular weight is 331 g/mol. The van der Waals surface area contributed by atoms with Crippen LogP contribution in [-0.2, 0) is 13.1 Å². The molecule has 0 spiro atoms. The van der Waals surface area contributed by atoms with E-state index >= 15 is 0 Å². The summed E-state index contributed by atoms with van der Waals surface area (Å²) in [4.78, 5) is 6.68. The number of aliphatic imine (C=N–C) groups is 1. The number of benzene rings is 1. The number of nitrogens with zero attached hydrogens (tertiary/aromatic N) is 2. The Hall–Kier alpha value is -1.55. The van der Waals surface area contributed by atoms with Crippen molar-refractivity contribution in [1.29, 1.82) is 0 Å². The van der Waals surface area contributed by atoms with Crippen molar-refractivity contribution in [2.24, 2.45) is 10.4 Å². The number of rotatable bonds is 8. The smallest absolute Gasteiger partial charge is 0.191 e. The van der Waals surface area contributed by atoms with Gasteiger partial charge in [-0.15, -0.1) is 0 Å². The van der Waals surface area contributed by atoms with E-state index in [-0.39, 0.29) is 0 Å². The lowest BCUT2D eigenvalue weighted by Gasteiger charge is -2.41. The third kappa shape index (κ3) is 5.23. The molecule has 1 fully saturated rings. The molecule has 0 heterocycles.